The van der Waals surface area contributed by atoms with E-state index in [0.717, 1.165) is 72.4 Å². The zero-order chi connectivity index (χ0) is 31.5. The molecule has 4 saturated carbocycles. The largest absolute Gasteiger partial charge is 0.390 e. The fourth-order valence-electron chi connectivity index (χ4n) is 8.75. The summed E-state index contributed by atoms with van der Waals surface area (Å²) in [4.78, 5) is 0. The van der Waals surface area contributed by atoms with Crippen LogP contribution in [0, 0.1) is 0 Å². The van der Waals surface area contributed by atoms with Gasteiger partial charge < -0.3 is 10.2 Å². The summed E-state index contributed by atoms with van der Waals surface area (Å²) in [6.45, 7) is 0. The minimum atomic E-state index is -0.720. The fourth-order valence-corrected chi connectivity index (χ4v) is 14.0. The molecule has 0 bridgehead atoms. The Morgan fingerprint density at radius 3 is 0.800 bits per heavy atom. The van der Waals surface area contributed by atoms with E-state index in [1.165, 1.54) is 151 Å². The van der Waals surface area contributed by atoms with E-state index < -0.39 is 11.2 Å². The molecule has 0 aromatic rings. The van der Waals surface area contributed by atoms with Gasteiger partial charge in [-0.05, 0) is 126 Å². The summed E-state index contributed by atoms with van der Waals surface area (Å²) in [5.74, 6) is 4.72. The van der Waals surface area contributed by atoms with Gasteiger partial charge in [0.05, 0.1) is 11.2 Å². The van der Waals surface area contributed by atoms with Crippen LogP contribution in [-0.2, 0) is 0 Å². The Labute approximate surface area is 297 Å². The van der Waals surface area contributed by atoms with Crippen LogP contribution >= 0.6 is 47.0 Å². The molecule has 2 nitrogen and oxygen atoms in total. The van der Waals surface area contributed by atoms with Crippen molar-refractivity contribution in [3.05, 3.63) is 0 Å². The van der Waals surface area contributed by atoms with Gasteiger partial charge in [0.2, 0.25) is 0 Å². The molecule has 4 rings (SSSR count). The molecular formula is C39H72O2S4. The molecule has 0 heterocycles. The zero-order valence-corrected chi connectivity index (χ0v) is 32.4. The van der Waals surface area contributed by atoms with Gasteiger partial charge in [-0.15, -0.1) is 0 Å². The van der Waals surface area contributed by atoms with Crippen molar-refractivity contribution in [1.82, 2.24) is 0 Å². The zero-order valence-electron chi connectivity index (χ0n) is 29.2. The topological polar surface area (TPSA) is 40.5 Å². The number of rotatable bonds is 22. The van der Waals surface area contributed by atoms with Crippen LogP contribution in [0.1, 0.15) is 186 Å². The van der Waals surface area contributed by atoms with Gasteiger partial charge in [-0.1, -0.05) is 77.0 Å². The van der Waals surface area contributed by atoms with E-state index in [0.29, 0.717) is 6.42 Å². The van der Waals surface area contributed by atoms with Crippen molar-refractivity contribution in [3.8, 4) is 0 Å². The standard InChI is InChI=1S/C39H72O2S4/c40-38(25-13-29-42-34-17-5-1-6-18-34,26-14-30-43-35-19-7-2-8-20-35)33-39(41,27-15-31-44-36-21-9-3-10-22-36)28-16-32-45-37-23-11-4-12-24-37/h34-37,40-41H,1-33H2. The molecule has 264 valence electrons. The van der Waals surface area contributed by atoms with Crippen LogP contribution in [0.2, 0.25) is 0 Å². The molecule has 0 radical (unpaired) electrons. The Morgan fingerprint density at radius 2 is 0.578 bits per heavy atom. The third-order valence-electron chi connectivity index (χ3n) is 11.4. The van der Waals surface area contributed by atoms with Gasteiger partial charge in [-0.2, -0.15) is 47.0 Å². The minimum Gasteiger partial charge on any atom is -0.390 e. The third-order valence-corrected chi connectivity index (χ3v) is 17.3. The molecular weight excluding hydrogens is 629 g/mol. The van der Waals surface area contributed by atoms with Crippen molar-refractivity contribution < 1.29 is 10.2 Å². The van der Waals surface area contributed by atoms with Crippen molar-refractivity contribution in [3.63, 3.8) is 0 Å². The number of hydrogen-bond donors (Lipinski definition) is 2. The Balaban J connectivity index is 1.30. The van der Waals surface area contributed by atoms with Gasteiger partial charge in [0, 0.05) is 27.4 Å². The Morgan fingerprint density at radius 1 is 0.356 bits per heavy atom. The smallest absolute Gasteiger partial charge is 0.0675 e. The molecule has 0 saturated heterocycles. The van der Waals surface area contributed by atoms with Gasteiger partial charge in [0.25, 0.3) is 0 Å². The lowest BCUT2D eigenvalue weighted by Gasteiger charge is -2.39. The van der Waals surface area contributed by atoms with Gasteiger partial charge in [-0.25, -0.2) is 0 Å². The maximum absolute atomic E-state index is 12.4. The van der Waals surface area contributed by atoms with E-state index in [9.17, 15) is 10.2 Å². The summed E-state index contributed by atoms with van der Waals surface area (Å²) in [5, 5.41) is 28.1. The Bertz CT molecular complexity index is 615. The Hall–Kier alpha value is 1.32. The van der Waals surface area contributed by atoms with Crippen LogP contribution in [0.5, 0.6) is 0 Å². The number of hydrogen-bond acceptors (Lipinski definition) is 6. The van der Waals surface area contributed by atoms with Gasteiger partial charge in [-0.3, -0.25) is 0 Å². The molecule has 0 aromatic carbocycles. The highest BCUT2D eigenvalue weighted by molar-refractivity contribution is 8.00. The predicted octanol–water partition coefficient (Wildman–Crippen LogP) is 12.2. The van der Waals surface area contributed by atoms with Gasteiger partial charge >= 0.3 is 0 Å². The molecule has 0 spiro atoms. The summed E-state index contributed by atoms with van der Waals surface area (Å²) in [6, 6.07) is 0. The lowest BCUT2D eigenvalue weighted by Crippen LogP contribution is -2.42. The second kappa shape index (κ2) is 22.9. The predicted molar refractivity (Wildman–Crippen MR) is 209 cm³/mol. The van der Waals surface area contributed by atoms with E-state index in [1.54, 1.807) is 0 Å². The molecule has 2 N–H and O–H groups in total. The molecule has 0 aromatic heterocycles. The molecule has 6 heteroatoms. The average molecular weight is 701 g/mol. The van der Waals surface area contributed by atoms with E-state index in [4.69, 9.17) is 0 Å². The van der Waals surface area contributed by atoms with Gasteiger partial charge in [0.15, 0.2) is 0 Å². The van der Waals surface area contributed by atoms with E-state index in [2.05, 4.69) is 47.0 Å². The lowest BCUT2D eigenvalue weighted by molar-refractivity contribution is -0.0809. The lowest BCUT2D eigenvalue weighted by atomic mass is 9.77. The maximum Gasteiger partial charge on any atom is 0.0675 e. The van der Waals surface area contributed by atoms with Gasteiger partial charge in [0.1, 0.15) is 0 Å². The van der Waals surface area contributed by atoms with Crippen LogP contribution in [0.3, 0.4) is 0 Å². The first kappa shape index (κ1) is 39.1. The highest BCUT2D eigenvalue weighted by Crippen LogP contribution is 2.39. The summed E-state index contributed by atoms with van der Waals surface area (Å²) < 4.78 is 0. The molecule has 0 aliphatic heterocycles. The number of aliphatic hydroxyl groups is 2. The van der Waals surface area contributed by atoms with Crippen LogP contribution < -0.4 is 0 Å². The van der Waals surface area contributed by atoms with Crippen molar-refractivity contribution in [1.29, 1.82) is 0 Å². The normalized spacial score (nSPS) is 22.3. The quantitative estimate of drug-likeness (QED) is 0.110. The summed E-state index contributed by atoms with van der Waals surface area (Å²) >= 11 is 8.72. The molecule has 0 amide bonds. The highest BCUT2D eigenvalue weighted by atomic mass is 32.2. The minimum absolute atomic E-state index is 0.602. The molecule has 0 unspecified atom stereocenters. The third kappa shape index (κ3) is 16.7. The van der Waals surface area contributed by atoms with Crippen LogP contribution in [0.25, 0.3) is 0 Å². The fraction of sp³-hybridized carbons (Fsp3) is 1.00. The average Bonchev–Trinajstić information content (AvgIpc) is 3.08. The molecule has 4 aliphatic carbocycles. The second-order valence-electron chi connectivity index (χ2n) is 15.6. The summed E-state index contributed by atoms with van der Waals surface area (Å²) in [5.41, 5.74) is -1.44. The highest BCUT2D eigenvalue weighted by Gasteiger charge is 2.38. The number of thioether (sulfide) groups is 4. The van der Waals surface area contributed by atoms with Crippen molar-refractivity contribution in [2.75, 3.05) is 23.0 Å². The van der Waals surface area contributed by atoms with Crippen LogP contribution in [0.4, 0.5) is 0 Å². The first-order chi connectivity index (χ1) is 22.0. The molecule has 45 heavy (non-hydrogen) atoms. The van der Waals surface area contributed by atoms with E-state index in [-0.39, 0.29) is 0 Å². The summed E-state index contributed by atoms with van der Waals surface area (Å²) in [6.07, 6.45) is 36.6. The molecule has 0 atom stereocenters. The maximum atomic E-state index is 12.4. The van der Waals surface area contributed by atoms with Crippen molar-refractivity contribution in [2.45, 2.75) is 218 Å². The van der Waals surface area contributed by atoms with Crippen molar-refractivity contribution in [2.24, 2.45) is 0 Å². The summed E-state index contributed by atoms with van der Waals surface area (Å²) in [7, 11) is 0. The van der Waals surface area contributed by atoms with E-state index in [1.807, 2.05) is 0 Å². The van der Waals surface area contributed by atoms with Crippen molar-refractivity contribution >= 4 is 47.0 Å². The second-order valence-corrected chi connectivity index (χ2v) is 21.2. The first-order valence-corrected chi connectivity index (χ1v) is 24.1. The van der Waals surface area contributed by atoms with Crippen LogP contribution in [0.15, 0.2) is 0 Å². The van der Waals surface area contributed by atoms with Crippen LogP contribution in [-0.4, -0.2) is 65.4 Å². The Kier molecular flexibility index (Phi) is 19.9. The first-order valence-electron chi connectivity index (χ1n) is 19.9. The molecule has 4 fully saturated rings. The SMILES string of the molecule is OC(CCCSC1CCCCC1)(CCCSC1CCCCC1)CC(O)(CCCSC1CCCCC1)CCCSC1CCCCC1. The monoisotopic (exact) mass is 700 g/mol. The van der Waals surface area contributed by atoms with E-state index >= 15 is 0 Å². The molecule has 4 aliphatic rings.